The Morgan fingerprint density at radius 1 is 0.828 bits per heavy atom. The number of rotatable bonds is 10. The lowest BCUT2D eigenvalue weighted by atomic mass is 10.1. The lowest BCUT2D eigenvalue weighted by Crippen LogP contribution is -2.25. The summed E-state index contributed by atoms with van der Waals surface area (Å²) in [6.45, 7) is 1.12. The zero-order valence-electron chi connectivity index (χ0n) is 17.0. The molecule has 2 N–H and O–H groups in total. The van der Waals surface area contributed by atoms with E-state index in [4.69, 9.17) is 18.9 Å². The van der Waals surface area contributed by atoms with Gasteiger partial charge in [-0.25, -0.2) is 0 Å². The standard InChI is InChI=1S/C21H26N2O6/c1-26-11-5-10-22-20(24)14-6-8-16(9-7-14)23-21(25)15-12-17(27-2)19(29-4)18(13-15)28-3/h6-9,12-13H,5,10-11H2,1-4H3,(H,22,24)(H,23,25). The quantitative estimate of drug-likeness (QED) is 0.594. The largest absolute Gasteiger partial charge is 0.493 e. The van der Waals surface area contributed by atoms with Crippen molar-refractivity contribution in [1.82, 2.24) is 5.32 Å². The first kappa shape index (κ1) is 22.0. The van der Waals surface area contributed by atoms with E-state index in [9.17, 15) is 9.59 Å². The third kappa shape index (κ3) is 5.86. The molecule has 2 rings (SSSR count). The van der Waals surface area contributed by atoms with Gasteiger partial charge >= 0.3 is 0 Å². The lowest BCUT2D eigenvalue weighted by molar-refractivity contribution is 0.0948. The third-order valence-electron chi connectivity index (χ3n) is 4.14. The van der Waals surface area contributed by atoms with Crippen LogP contribution >= 0.6 is 0 Å². The molecule has 156 valence electrons. The number of carbonyl (C=O) groups is 2. The van der Waals surface area contributed by atoms with Crippen molar-refractivity contribution < 1.29 is 28.5 Å². The molecule has 0 atom stereocenters. The number of anilines is 1. The van der Waals surface area contributed by atoms with Gasteiger partial charge in [0.05, 0.1) is 21.3 Å². The fourth-order valence-electron chi connectivity index (χ4n) is 2.64. The predicted octanol–water partition coefficient (Wildman–Crippen LogP) is 2.73. The summed E-state index contributed by atoms with van der Waals surface area (Å²) in [5.41, 5.74) is 1.41. The maximum absolute atomic E-state index is 12.6. The number of benzene rings is 2. The summed E-state index contributed by atoms with van der Waals surface area (Å²) < 4.78 is 20.8. The molecule has 0 unspecified atom stereocenters. The molecule has 2 aromatic carbocycles. The van der Waals surface area contributed by atoms with Crippen molar-refractivity contribution >= 4 is 17.5 Å². The van der Waals surface area contributed by atoms with E-state index in [2.05, 4.69) is 10.6 Å². The first-order chi connectivity index (χ1) is 14.0. The summed E-state index contributed by atoms with van der Waals surface area (Å²) in [6, 6.07) is 9.77. The molecule has 0 aliphatic carbocycles. The minimum absolute atomic E-state index is 0.177. The Bertz CT molecular complexity index is 811. The van der Waals surface area contributed by atoms with E-state index >= 15 is 0 Å². The third-order valence-corrected chi connectivity index (χ3v) is 4.14. The Morgan fingerprint density at radius 2 is 1.45 bits per heavy atom. The molecule has 0 saturated heterocycles. The minimum Gasteiger partial charge on any atom is -0.493 e. The Morgan fingerprint density at radius 3 is 1.97 bits per heavy atom. The van der Waals surface area contributed by atoms with Gasteiger partial charge in [0.15, 0.2) is 11.5 Å². The molecule has 8 heteroatoms. The molecule has 8 nitrogen and oxygen atoms in total. The second kappa shape index (κ2) is 10.9. The van der Waals surface area contributed by atoms with Crippen LogP contribution in [0.25, 0.3) is 0 Å². The number of amides is 2. The van der Waals surface area contributed by atoms with Crippen LogP contribution in [-0.2, 0) is 4.74 Å². The average Bonchev–Trinajstić information content (AvgIpc) is 2.75. The average molecular weight is 402 g/mol. The highest BCUT2D eigenvalue weighted by molar-refractivity contribution is 6.05. The van der Waals surface area contributed by atoms with E-state index < -0.39 is 0 Å². The fraction of sp³-hybridized carbons (Fsp3) is 0.333. The molecule has 0 spiro atoms. The van der Waals surface area contributed by atoms with Crippen molar-refractivity contribution in [3.05, 3.63) is 47.5 Å². The number of nitrogens with one attached hydrogen (secondary N) is 2. The van der Waals surface area contributed by atoms with Gasteiger partial charge in [-0.2, -0.15) is 0 Å². The highest BCUT2D eigenvalue weighted by Gasteiger charge is 2.17. The van der Waals surface area contributed by atoms with Crippen molar-refractivity contribution in [1.29, 1.82) is 0 Å². The highest BCUT2D eigenvalue weighted by atomic mass is 16.5. The van der Waals surface area contributed by atoms with Crippen molar-refractivity contribution in [2.45, 2.75) is 6.42 Å². The van der Waals surface area contributed by atoms with Gasteiger partial charge in [-0.1, -0.05) is 0 Å². The molecule has 0 radical (unpaired) electrons. The molecular weight excluding hydrogens is 376 g/mol. The van der Waals surface area contributed by atoms with E-state index in [0.717, 1.165) is 6.42 Å². The van der Waals surface area contributed by atoms with Crippen LogP contribution in [0.1, 0.15) is 27.1 Å². The number of hydrogen-bond donors (Lipinski definition) is 2. The molecule has 0 heterocycles. The minimum atomic E-state index is -0.346. The zero-order chi connectivity index (χ0) is 21.2. The van der Waals surface area contributed by atoms with E-state index in [1.54, 1.807) is 43.5 Å². The van der Waals surface area contributed by atoms with Gasteiger partial charge in [-0.15, -0.1) is 0 Å². The van der Waals surface area contributed by atoms with Gasteiger partial charge in [-0.05, 0) is 42.8 Å². The lowest BCUT2D eigenvalue weighted by Gasteiger charge is -2.14. The SMILES string of the molecule is COCCCNC(=O)c1ccc(NC(=O)c2cc(OC)c(OC)c(OC)c2)cc1. The summed E-state index contributed by atoms with van der Waals surface area (Å²) in [7, 11) is 6.08. The van der Waals surface area contributed by atoms with Gasteiger partial charge in [-0.3, -0.25) is 9.59 Å². The first-order valence-electron chi connectivity index (χ1n) is 9.02. The summed E-state index contributed by atoms with van der Waals surface area (Å²) in [5, 5.41) is 5.60. The fourth-order valence-corrected chi connectivity index (χ4v) is 2.64. The Labute approximate surface area is 170 Å². The maximum atomic E-state index is 12.6. The smallest absolute Gasteiger partial charge is 0.255 e. The molecule has 2 aromatic rings. The van der Waals surface area contributed by atoms with Crippen molar-refractivity contribution in [3.8, 4) is 17.2 Å². The molecule has 0 aromatic heterocycles. The van der Waals surface area contributed by atoms with E-state index in [0.29, 0.717) is 47.2 Å². The second-order valence-electron chi connectivity index (χ2n) is 6.05. The van der Waals surface area contributed by atoms with E-state index in [1.807, 2.05) is 0 Å². The van der Waals surface area contributed by atoms with Crippen LogP contribution in [0.2, 0.25) is 0 Å². The van der Waals surface area contributed by atoms with Gasteiger partial charge in [0, 0.05) is 37.1 Å². The van der Waals surface area contributed by atoms with Crippen LogP contribution in [0.4, 0.5) is 5.69 Å². The summed E-state index contributed by atoms with van der Waals surface area (Å²) >= 11 is 0. The molecule has 0 bridgehead atoms. The van der Waals surface area contributed by atoms with Crippen LogP contribution in [-0.4, -0.2) is 53.4 Å². The Hall–Kier alpha value is -3.26. The summed E-state index contributed by atoms with van der Waals surface area (Å²) in [4.78, 5) is 24.7. The molecule has 0 saturated carbocycles. The van der Waals surface area contributed by atoms with Gasteiger partial charge in [0.2, 0.25) is 5.75 Å². The Balaban J connectivity index is 2.06. The van der Waals surface area contributed by atoms with Crippen molar-refractivity contribution in [3.63, 3.8) is 0 Å². The van der Waals surface area contributed by atoms with Crippen LogP contribution in [0.15, 0.2) is 36.4 Å². The van der Waals surface area contributed by atoms with Crippen LogP contribution in [0.3, 0.4) is 0 Å². The first-order valence-corrected chi connectivity index (χ1v) is 9.02. The highest BCUT2D eigenvalue weighted by Crippen LogP contribution is 2.38. The van der Waals surface area contributed by atoms with Crippen LogP contribution in [0.5, 0.6) is 17.2 Å². The molecule has 29 heavy (non-hydrogen) atoms. The van der Waals surface area contributed by atoms with E-state index in [-0.39, 0.29) is 11.8 Å². The van der Waals surface area contributed by atoms with Crippen molar-refractivity contribution in [2.75, 3.05) is 46.9 Å². The number of carbonyl (C=O) groups excluding carboxylic acids is 2. The van der Waals surface area contributed by atoms with Crippen molar-refractivity contribution in [2.24, 2.45) is 0 Å². The normalized spacial score (nSPS) is 10.2. The van der Waals surface area contributed by atoms with Crippen LogP contribution in [0, 0.1) is 0 Å². The number of hydrogen-bond acceptors (Lipinski definition) is 6. The predicted molar refractivity (Wildman–Crippen MR) is 109 cm³/mol. The number of methoxy groups -OCH3 is 4. The molecule has 0 fully saturated rings. The van der Waals surface area contributed by atoms with Gasteiger partial charge < -0.3 is 29.6 Å². The van der Waals surface area contributed by atoms with Gasteiger partial charge in [0.1, 0.15) is 0 Å². The molecule has 0 aliphatic rings. The summed E-state index contributed by atoms with van der Waals surface area (Å²) in [5.74, 6) is 0.659. The van der Waals surface area contributed by atoms with E-state index in [1.165, 1.54) is 21.3 Å². The molecule has 0 aliphatic heterocycles. The van der Waals surface area contributed by atoms with Gasteiger partial charge in [0.25, 0.3) is 11.8 Å². The number of ether oxygens (including phenoxy) is 4. The topological polar surface area (TPSA) is 95.1 Å². The second-order valence-corrected chi connectivity index (χ2v) is 6.05. The maximum Gasteiger partial charge on any atom is 0.255 e. The monoisotopic (exact) mass is 402 g/mol. The molecule has 2 amide bonds. The molecular formula is C21H26N2O6. The zero-order valence-corrected chi connectivity index (χ0v) is 17.0. The van der Waals surface area contributed by atoms with Crippen LogP contribution < -0.4 is 24.8 Å². The summed E-state index contributed by atoms with van der Waals surface area (Å²) in [6.07, 6.45) is 0.741. The Kier molecular flexibility index (Phi) is 8.29.